The Hall–Kier alpha value is -3.28. The van der Waals surface area contributed by atoms with E-state index >= 15 is 0 Å². The van der Waals surface area contributed by atoms with Crippen LogP contribution in [0.15, 0.2) is 55.0 Å². The highest BCUT2D eigenvalue weighted by atomic mass is 16.1. The zero-order chi connectivity index (χ0) is 15.8. The largest absolute Gasteiger partial charge is 0.310 e. The van der Waals surface area contributed by atoms with Crippen LogP contribution in [-0.4, -0.2) is 25.5 Å². The molecule has 3 heterocycles. The van der Waals surface area contributed by atoms with Crippen LogP contribution in [0.25, 0.3) is 27.7 Å². The summed E-state index contributed by atoms with van der Waals surface area (Å²) in [6, 6.07) is 11.9. The lowest BCUT2D eigenvalue weighted by molar-refractivity contribution is -0.114. The number of pyridine rings is 1. The fourth-order valence-corrected chi connectivity index (χ4v) is 2.63. The number of aromatic nitrogens is 4. The number of benzene rings is 1. The fourth-order valence-electron chi connectivity index (χ4n) is 2.63. The summed E-state index contributed by atoms with van der Waals surface area (Å²) >= 11 is 0. The van der Waals surface area contributed by atoms with E-state index < -0.39 is 0 Å². The van der Waals surface area contributed by atoms with Gasteiger partial charge in [-0.25, -0.2) is 14.5 Å². The molecule has 0 unspecified atom stereocenters. The lowest BCUT2D eigenvalue weighted by atomic mass is 10.1. The number of nitrogens with zero attached hydrogens (tertiary/aromatic N) is 4. The third-order valence-electron chi connectivity index (χ3n) is 3.63. The van der Waals surface area contributed by atoms with Gasteiger partial charge in [-0.1, -0.05) is 30.3 Å². The van der Waals surface area contributed by atoms with Gasteiger partial charge in [0.15, 0.2) is 5.65 Å². The molecule has 0 aliphatic heterocycles. The molecule has 112 valence electrons. The van der Waals surface area contributed by atoms with E-state index in [1.807, 2.05) is 36.4 Å². The van der Waals surface area contributed by atoms with E-state index in [2.05, 4.69) is 20.4 Å². The van der Waals surface area contributed by atoms with E-state index in [0.29, 0.717) is 5.82 Å². The molecule has 6 nitrogen and oxygen atoms in total. The number of rotatable bonds is 2. The van der Waals surface area contributed by atoms with Gasteiger partial charge in [-0.15, -0.1) is 0 Å². The van der Waals surface area contributed by atoms with Gasteiger partial charge in [-0.05, 0) is 11.6 Å². The maximum atomic E-state index is 11.3. The number of anilines is 1. The minimum absolute atomic E-state index is 0.171. The highest BCUT2D eigenvalue weighted by Crippen LogP contribution is 2.27. The average molecular weight is 303 g/mol. The molecule has 0 aliphatic rings. The van der Waals surface area contributed by atoms with Crippen LogP contribution >= 0.6 is 0 Å². The van der Waals surface area contributed by atoms with Crippen molar-refractivity contribution in [3.63, 3.8) is 0 Å². The second-order valence-corrected chi connectivity index (χ2v) is 5.19. The summed E-state index contributed by atoms with van der Waals surface area (Å²) in [5.74, 6) is 0.316. The van der Waals surface area contributed by atoms with Gasteiger partial charge < -0.3 is 5.32 Å². The van der Waals surface area contributed by atoms with Gasteiger partial charge in [-0.2, -0.15) is 5.10 Å². The summed E-state index contributed by atoms with van der Waals surface area (Å²) in [5, 5.41) is 7.93. The van der Waals surface area contributed by atoms with Crippen molar-refractivity contribution in [3.8, 4) is 11.1 Å². The van der Waals surface area contributed by atoms with E-state index in [4.69, 9.17) is 0 Å². The third kappa shape index (κ3) is 2.20. The fraction of sp³-hybridized carbons (Fsp3) is 0.0588. The number of carbonyl (C=O) groups excluding carboxylic acids is 1. The molecule has 1 aromatic carbocycles. The molecule has 0 radical (unpaired) electrons. The minimum Gasteiger partial charge on any atom is -0.310 e. The van der Waals surface area contributed by atoms with Gasteiger partial charge >= 0.3 is 0 Å². The maximum absolute atomic E-state index is 11.3. The summed E-state index contributed by atoms with van der Waals surface area (Å²) in [6.07, 6.45) is 5.17. The van der Waals surface area contributed by atoms with Crippen LogP contribution in [0.2, 0.25) is 0 Å². The second kappa shape index (κ2) is 5.17. The van der Waals surface area contributed by atoms with Crippen LogP contribution in [-0.2, 0) is 4.79 Å². The number of fused-ring (bicyclic) bond motifs is 3. The van der Waals surface area contributed by atoms with Crippen molar-refractivity contribution >= 4 is 28.3 Å². The minimum atomic E-state index is -0.171. The Morgan fingerprint density at radius 2 is 1.91 bits per heavy atom. The Bertz CT molecular complexity index is 1020. The van der Waals surface area contributed by atoms with Gasteiger partial charge in [0, 0.05) is 24.9 Å². The van der Waals surface area contributed by atoms with Crippen LogP contribution in [0.1, 0.15) is 6.92 Å². The Labute approximate surface area is 131 Å². The normalized spacial score (nSPS) is 11.0. The number of carbonyl (C=O) groups is 1. The predicted octanol–water partition coefficient (Wildman–Crippen LogP) is 2.90. The average Bonchev–Trinajstić information content (AvgIpc) is 3.00. The zero-order valence-corrected chi connectivity index (χ0v) is 12.4. The monoisotopic (exact) mass is 303 g/mol. The Balaban J connectivity index is 1.97. The molecule has 0 bridgehead atoms. The van der Waals surface area contributed by atoms with E-state index in [-0.39, 0.29) is 5.91 Å². The van der Waals surface area contributed by atoms with Gasteiger partial charge in [0.1, 0.15) is 5.82 Å². The molecule has 3 aromatic heterocycles. The summed E-state index contributed by atoms with van der Waals surface area (Å²) < 4.78 is 1.77. The molecular formula is C17H13N5O. The SMILES string of the molecule is CC(=O)Nc1nccc2c1cnc1c(-c3ccccc3)cnn12. The maximum Gasteiger partial charge on any atom is 0.222 e. The first kappa shape index (κ1) is 13.4. The predicted molar refractivity (Wildman–Crippen MR) is 88.0 cm³/mol. The first-order valence-corrected chi connectivity index (χ1v) is 7.18. The van der Waals surface area contributed by atoms with Crippen LogP contribution in [0.5, 0.6) is 0 Å². The van der Waals surface area contributed by atoms with Crippen molar-refractivity contribution < 1.29 is 4.79 Å². The molecule has 4 rings (SSSR count). The molecule has 0 atom stereocenters. The van der Waals surface area contributed by atoms with E-state index in [1.54, 1.807) is 23.1 Å². The topological polar surface area (TPSA) is 72.2 Å². The smallest absolute Gasteiger partial charge is 0.222 e. The standard InChI is InChI=1S/C17H13N5O/c1-11(23)21-16-14-9-19-17-13(12-5-3-2-4-6-12)10-20-22(17)15(14)7-8-18-16/h2-10H,1H3,(H,18,21,23). The molecule has 6 heteroatoms. The second-order valence-electron chi connectivity index (χ2n) is 5.19. The van der Waals surface area contributed by atoms with Crippen molar-refractivity contribution in [2.75, 3.05) is 5.32 Å². The molecule has 1 amide bonds. The molecule has 0 spiro atoms. The van der Waals surface area contributed by atoms with E-state index in [1.165, 1.54) is 6.92 Å². The Kier molecular flexibility index (Phi) is 3.01. The third-order valence-corrected chi connectivity index (χ3v) is 3.63. The van der Waals surface area contributed by atoms with Crippen LogP contribution < -0.4 is 5.32 Å². The lowest BCUT2D eigenvalue weighted by Gasteiger charge is -2.07. The molecule has 1 N–H and O–H groups in total. The number of amides is 1. The molecule has 4 aromatic rings. The number of hydrogen-bond donors (Lipinski definition) is 1. The molecule has 0 saturated carbocycles. The van der Waals surface area contributed by atoms with Crippen LogP contribution in [0.3, 0.4) is 0 Å². The van der Waals surface area contributed by atoms with Crippen molar-refractivity contribution in [3.05, 3.63) is 55.0 Å². The van der Waals surface area contributed by atoms with Crippen molar-refractivity contribution in [2.45, 2.75) is 6.92 Å². The lowest BCUT2D eigenvalue weighted by Crippen LogP contribution is -2.08. The summed E-state index contributed by atoms with van der Waals surface area (Å²) in [4.78, 5) is 20.0. The number of hydrogen-bond acceptors (Lipinski definition) is 4. The van der Waals surface area contributed by atoms with Crippen molar-refractivity contribution in [2.24, 2.45) is 0 Å². The Morgan fingerprint density at radius 1 is 1.09 bits per heavy atom. The van der Waals surface area contributed by atoms with Crippen LogP contribution in [0.4, 0.5) is 5.82 Å². The first-order valence-electron chi connectivity index (χ1n) is 7.18. The van der Waals surface area contributed by atoms with E-state index in [9.17, 15) is 4.79 Å². The molecule has 0 aliphatic carbocycles. The van der Waals surface area contributed by atoms with Gasteiger partial charge in [0.2, 0.25) is 5.91 Å². The summed E-state index contributed by atoms with van der Waals surface area (Å²) in [6.45, 7) is 1.45. The Morgan fingerprint density at radius 3 is 2.70 bits per heavy atom. The first-order chi connectivity index (χ1) is 11.2. The van der Waals surface area contributed by atoms with Crippen molar-refractivity contribution in [1.29, 1.82) is 0 Å². The highest BCUT2D eigenvalue weighted by molar-refractivity contribution is 5.99. The molecular weight excluding hydrogens is 290 g/mol. The molecule has 0 fully saturated rings. The van der Waals surface area contributed by atoms with Gasteiger partial charge in [-0.3, -0.25) is 4.79 Å². The zero-order valence-electron chi connectivity index (χ0n) is 12.4. The van der Waals surface area contributed by atoms with Gasteiger partial charge in [0.05, 0.1) is 17.1 Å². The summed E-state index contributed by atoms with van der Waals surface area (Å²) in [5.41, 5.74) is 3.63. The van der Waals surface area contributed by atoms with Crippen LogP contribution in [0, 0.1) is 0 Å². The highest BCUT2D eigenvalue weighted by Gasteiger charge is 2.12. The number of nitrogens with one attached hydrogen (secondary N) is 1. The van der Waals surface area contributed by atoms with Crippen molar-refractivity contribution in [1.82, 2.24) is 19.6 Å². The quantitative estimate of drug-likeness (QED) is 0.618. The van der Waals surface area contributed by atoms with E-state index in [0.717, 1.165) is 27.7 Å². The molecule has 23 heavy (non-hydrogen) atoms. The van der Waals surface area contributed by atoms with Gasteiger partial charge in [0.25, 0.3) is 0 Å². The molecule has 0 saturated heterocycles. The summed E-state index contributed by atoms with van der Waals surface area (Å²) in [7, 11) is 0.